The minimum Gasteiger partial charge on any atom is -0.345 e. The Labute approximate surface area is 176 Å². The average molecular weight is 434 g/mol. The van der Waals surface area contributed by atoms with Crippen molar-refractivity contribution < 1.29 is 4.79 Å². The molecule has 1 N–H and O–H groups in total. The third kappa shape index (κ3) is 4.24. The van der Waals surface area contributed by atoms with Crippen molar-refractivity contribution in [2.24, 2.45) is 0 Å². The van der Waals surface area contributed by atoms with Gasteiger partial charge in [-0.2, -0.15) is 4.98 Å². The van der Waals surface area contributed by atoms with Gasteiger partial charge in [0.1, 0.15) is 17.6 Å². The first-order valence-corrected chi connectivity index (χ1v) is 10.5. The van der Waals surface area contributed by atoms with Gasteiger partial charge in [-0.05, 0) is 18.7 Å². The second-order valence-corrected chi connectivity index (χ2v) is 7.97. The maximum atomic E-state index is 12.8. The number of hydrogen-bond acceptors (Lipinski definition) is 8. The Kier molecular flexibility index (Phi) is 5.74. The van der Waals surface area contributed by atoms with Gasteiger partial charge < -0.3 is 15.1 Å². The number of carbonyl (C=O) groups is 1. The van der Waals surface area contributed by atoms with Gasteiger partial charge >= 0.3 is 0 Å². The molecule has 9 nitrogen and oxygen atoms in total. The minimum atomic E-state index is -0.386. The third-order valence-corrected chi connectivity index (χ3v) is 6.20. The van der Waals surface area contributed by atoms with Gasteiger partial charge in [-0.25, -0.2) is 9.97 Å². The van der Waals surface area contributed by atoms with Crippen molar-refractivity contribution in [1.29, 1.82) is 0 Å². The molecule has 3 aromatic rings. The minimum absolute atomic E-state index is 0.171. The molecule has 0 aromatic carbocycles. The van der Waals surface area contributed by atoms with Gasteiger partial charge in [0, 0.05) is 32.4 Å². The second kappa shape index (κ2) is 8.44. The number of thiazole rings is 1. The fourth-order valence-corrected chi connectivity index (χ4v) is 4.35. The third-order valence-electron chi connectivity index (χ3n) is 4.81. The van der Waals surface area contributed by atoms with Gasteiger partial charge in [-0.3, -0.25) is 14.2 Å². The average Bonchev–Trinajstić information content (AvgIpc) is 3.17. The van der Waals surface area contributed by atoms with E-state index in [1.54, 1.807) is 12.1 Å². The summed E-state index contributed by atoms with van der Waals surface area (Å²) in [5.41, 5.74) is 0.533. The first-order chi connectivity index (χ1) is 14.0. The summed E-state index contributed by atoms with van der Waals surface area (Å²) in [6.45, 7) is 6.70. The van der Waals surface area contributed by atoms with Crippen LogP contribution < -0.4 is 15.8 Å². The molecule has 0 radical (unpaired) electrons. The summed E-state index contributed by atoms with van der Waals surface area (Å²) in [5.74, 6) is -0.386. The van der Waals surface area contributed by atoms with Crippen LogP contribution in [0.5, 0.6) is 0 Å². The summed E-state index contributed by atoms with van der Waals surface area (Å²) >= 11 is 7.28. The number of piperazine rings is 1. The fraction of sp³-hybridized carbons (Fsp3) is 0.389. The van der Waals surface area contributed by atoms with Crippen molar-refractivity contribution in [2.75, 3.05) is 42.9 Å². The summed E-state index contributed by atoms with van der Waals surface area (Å²) in [5, 5.41) is 3.64. The van der Waals surface area contributed by atoms with Crippen LogP contribution >= 0.6 is 22.9 Å². The molecule has 1 aliphatic heterocycles. The van der Waals surface area contributed by atoms with Crippen molar-refractivity contribution in [3.05, 3.63) is 40.2 Å². The van der Waals surface area contributed by atoms with Gasteiger partial charge in [0.05, 0.1) is 5.69 Å². The Morgan fingerprint density at radius 1 is 1.28 bits per heavy atom. The lowest BCUT2D eigenvalue weighted by Gasteiger charge is -2.33. The van der Waals surface area contributed by atoms with Crippen LogP contribution in [0, 0.1) is 0 Å². The van der Waals surface area contributed by atoms with Crippen LogP contribution in [-0.2, 0) is 11.3 Å². The molecule has 3 aromatic heterocycles. The molecule has 1 fully saturated rings. The first kappa shape index (κ1) is 19.7. The Hall–Kier alpha value is -2.56. The first-order valence-electron chi connectivity index (χ1n) is 9.29. The van der Waals surface area contributed by atoms with Gasteiger partial charge in [0.15, 0.2) is 15.9 Å². The van der Waals surface area contributed by atoms with Crippen molar-refractivity contribution >= 4 is 50.0 Å². The molecule has 152 valence electrons. The van der Waals surface area contributed by atoms with E-state index in [1.165, 1.54) is 28.4 Å². The molecule has 0 atom stereocenters. The predicted octanol–water partition coefficient (Wildman–Crippen LogP) is 1.68. The number of anilines is 2. The quantitative estimate of drug-likeness (QED) is 0.611. The van der Waals surface area contributed by atoms with E-state index in [-0.39, 0.29) is 23.2 Å². The maximum Gasteiger partial charge on any atom is 0.273 e. The Bertz CT molecular complexity index is 1090. The monoisotopic (exact) mass is 433 g/mol. The number of likely N-dealkylation sites (N-methyl/N-ethyl adjacent to an activating group) is 1. The zero-order valence-electron chi connectivity index (χ0n) is 15.8. The van der Waals surface area contributed by atoms with E-state index in [0.29, 0.717) is 16.0 Å². The fourth-order valence-electron chi connectivity index (χ4n) is 3.16. The van der Waals surface area contributed by atoms with E-state index >= 15 is 0 Å². The molecule has 0 saturated carbocycles. The van der Waals surface area contributed by atoms with Crippen molar-refractivity contribution in [1.82, 2.24) is 24.4 Å². The summed E-state index contributed by atoms with van der Waals surface area (Å²) < 4.78 is 1.73. The maximum absolute atomic E-state index is 12.8. The molecule has 0 bridgehead atoms. The summed E-state index contributed by atoms with van der Waals surface area (Å²) in [6.07, 6.45) is 2.89. The van der Waals surface area contributed by atoms with E-state index in [4.69, 9.17) is 11.6 Å². The zero-order valence-corrected chi connectivity index (χ0v) is 17.4. The Balaban J connectivity index is 1.51. The molecular weight excluding hydrogens is 414 g/mol. The highest BCUT2D eigenvalue weighted by Crippen LogP contribution is 2.26. The number of fused-ring (bicyclic) bond motifs is 1. The van der Waals surface area contributed by atoms with Gasteiger partial charge in [0.2, 0.25) is 5.91 Å². The molecule has 0 aliphatic carbocycles. The SMILES string of the molecule is CCN1CCN(c2nc3ncn(CC(=O)Nc4cccnc4Cl)c(=O)c3s2)CC1. The number of aromatic nitrogens is 4. The number of amides is 1. The second-order valence-electron chi connectivity index (χ2n) is 6.64. The van der Waals surface area contributed by atoms with Crippen molar-refractivity contribution in [2.45, 2.75) is 13.5 Å². The number of nitrogens with one attached hydrogen (secondary N) is 1. The molecule has 4 rings (SSSR count). The van der Waals surface area contributed by atoms with Crippen molar-refractivity contribution in [3.8, 4) is 0 Å². The molecule has 0 spiro atoms. The summed E-state index contributed by atoms with van der Waals surface area (Å²) in [7, 11) is 0. The molecule has 1 aliphatic rings. The molecule has 29 heavy (non-hydrogen) atoms. The van der Waals surface area contributed by atoms with Crippen LogP contribution in [0.15, 0.2) is 29.5 Å². The normalized spacial score (nSPS) is 15.0. The number of rotatable bonds is 5. The molecule has 0 unspecified atom stereocenters. The van der Waals surface area contributed by atoms with E-state index < -0.39 is 0 Å². The number of pyridine rings is 1. The molecule has 1 amide bonds. The predicted molar refractivity (Wildman–Crippen MR) is 114 cm³/mol. The Morgan fingerprint density at radius 3 is 2.79 bits per heavy atom. The Morgan fingerprint density at radius 2 is 2.07 bits per heavy atom. The van der Waals surface area contributed by atoms with Crippen LogP contribution in [0.2, 0.25) is 5.15 Å². The van der Waals surface area contributed by atoms with Gasteiger partial charge in [0.25, 0.3) is 5.56 Å². The van der Waals surface area contributed by atoms with Crippen LogP contribution in [0.1, 0.15) is 6.92 Å². The highest BCUT2D eigenvalue weighted by Gasteiger charge is 2.21. The number of halogens is 1. The number of nitrogens with zero attached hydrogens (tertiary/aromatic N) is 6. The van der Waals surface area contributed by atoms with Crippen LogP contribution in [0.3, 0.4) is 0 Å². The standard InChI is InChI=1S/C18H20ClN7O2S/c1-2-24-6-8-25(9-7-24)18-23-16-14(29-18)17(28)26(11-21-16)10-13(27)22-12-4-3-5-20-15(12)19/h3-5,11H,2,6-10H2,1H3,(H,22,27). The molecule has 11 heteroatoms. The number of carbonyl (C=O) groups excluding carboxylic acids is 1. The van der Waals surface area contributed by atoms with Crippen LogP contribution in [0.25, 0.3) is 10.3 Å². The van der Waals surface area contributed by atoms with E-state index in [9.17, 15) is 9.59 Å². The highest BCUT2D eigenvalue weighted by molar-refractivity contribution is 7.22. The lowest BCUT2D eigenvalue weighted by molar-refractivity contribution is -0.116. The van der Waals surface area contributed by atoms with Crippen molar-refractivity contribution in [3.63, 3.8) is 0 Å². The van der Waals surface area contributed by atoms with E-state index in [0.717, 1.165) is 37.9 Å². The lowest BCUT2D eigenvalue weighted by Crippen LogP contribution is -2.46. The zero-order chi connectivity index (χ0) is 20.4. The molecule has 1 saturated heterocycles. The van der Waals surface area contributed by atoms with Crippen LogP contribution in [-0.4, -0.2) is 63.0 Å². The van der Waals surface area contributed by atoms with Gasteiger partial charge in [-0.1, -0.05) is 29.9 Å². The van der Waals surface area contributed by atoms with Crippen LogP contribution in [0.4, 0.5) is 10.8 Å². The highest BCUT2D eigenvalue weighted by atomic mass is 35.5. The summed E-state index contributed by atoms with van der Waals surface area (Å²) in [6, 6.07) is 3.31. The van der Waals surface area contributed by atoms with E-state index in [2.05, 4.69) is 37.0 Å². The summed E-state index contributed by atoms with van der Waals surface area (Å²) in [4.78, 5) is 42.4. The number of hydrogen-bond donors (Lipinski definition) is 1. The molecular formula is C18H20ClN7O2S. The topological polar surface area (TPSA) is 96.2 Å². The lowest BCUT2D eigenvalue weighted by atomic mass is 10.3. The van der Waals surface area contributed by atoms with E-state index in [1.807, 2.05) is 0 Å². The molecule has 4 heterocycles. The smallest absolute Gasteiger partial charge is 0.273 e. The largest absolute Gasteiger partial charge is 0.345 e. The van der Waals surface area contributed by atoms with Gasteiger partial charge in [-0.15, -0.1) is 0 Å².